The van der Waals surface area contributed by atoms with E-state index < -0.39 is 10.1 Å². The van der Waals surface area contributed by atoms with E-state index in [-0.39, 0.29) is 10.7 Å². The van der Waals surface area contributed by atoms with Crippen molar-refractivity contribution in [1.29, 1.82) is 0 Å². The minimum absolute atomic E-state index is 0.0415. The van der Waals surface area contributed by atoms with E-state index in [1.54, 1.807) is 36.4 Å². The predicted octanol–water partition coefficient (Wildman–Crippen LogP) is 3.32. The molecule has 0 aliphatic carbocycles. The summed E-state index contributed by atoms with van der Waals surface area (Å²) in [4.78, 5) is 0.0415. The summed E-state index contributed by atoms with van der Waals surface area (Å²) in [7, 11) is -1.01. The van der Waals surface area contributed by atoms with Crippen molar-refractivity contribution in [2.24, 2.45) is 0 Å². The van der Waals surface area contributed by atoms with Crippen molar-refractivity contribution >= 4 is 22.0 Å². The van der Waals surface area contributed by atoms with Crippen LogP contribution in [0.3, 0.4) is 0 Å². The Morgan fingerprint density at radius 2 is 1.64 bits per heavy atom. The normalized spacial score (nSPS) is 14.8. The monoisotopic (exact) mass is 362 g/mol. The molecule has 1 aliphatic rings. The molecule has 6 nitrogen and oxygen atoms in total. The summed E-state index contributed by atoms with van der Waals surface area (Å²) in [6, 6.07) is 10.0. The van der Waals surface area contributed by atoms with Crippen LogP contribution in [0.1, 0.15) is 18.1 Å². The molecule has 0 amide bonds. The van der Waals surface area contributed by atoms with Crippen LogP contribution in [0.2, 0.25) is 0 Å². The van der Waals surface area contributed by atoms with Crippen molar-refractivity contribution in [3.63, 3.8) is 0 Å². The second kappa shape index (κ2) is 6.68. The number of benzene rings is 2. The number of ether oxygens (including phenoxy) is 3. The zero-order valence-electron chi connectivity index (χ0n) is 14.1. The van der Waals surface area contributed by atoms with E-state index in [4.69, 9.17) is 18.4 Å². The summed E-state index contributed by atoms with van der Waals surface area (Å²) in [6.45, 7) is 2.45. The molecule has 0 atom stereocenters. The van der Waals surface area contributed by atoms with Crippen LogP contribution in [0.25, 0.3) is 11.8 Å². The first-order chi connectivity index (χ1) is 12.0. The van der Waals surface area contributed by atoms with Crippen molar-refractivity contribution in [3.05, 3.63) is 47.5 Å². The van der Waals surface area contributed by atoms with Gasteiger partial charge in [-0.3, -0.25) is 0 Å². The lowest BCUT2D eigenvalue weighted by molar-refractivity contribution is 0.340. The Balaban J connectivity index is 2.08. The van der Waals surface area contributed by atoms with E-state index in [1.807, 2.05) is 6.92 Å². The summed E-state index contributed by atoms with van der Waals surface area (Å²) in [5.41, 5.74) is 1.11. The Bertz CT molecular complexity index is 913. The fourth-order valence-electron chi connectivity index (χ4n) is 2.55. The number of hydrogen-bond donors (Lipinski definition) is 0. The Kier molecular flexibility index (Phi) is 4.59. The minimum Gasteiger partial charge on any atom is -0.494 e. The lowest BCUT2D eigenvalue weighted by Gasteiger charge is -2.20. The van der Waals surface area contributed by atoms with Gasteiger partial charge in [0.05, 0.1) is 20.8 Å². The molecule has 132 valence electrons. The molecule has 0 unspecified atom stereocenters. The topological polar surface area (TPSA) is 71.1 Å². The summed E-state index contributed by atoms with van der Waals surface area (Å²) in [5.74, 6) is 1.71. The van der Waals surface area contributed by atoms with E-state index in [2.05, 4.69) is 0 Å². The molecule has 0 fully saturated rings. The molecule has 7 heteroatoms. The largest absolute Gasteiger partial charge is 0.494 e. The highest BCUT2D eigenvalue weighted by Gasteiger charge is 2.29. The molecule has 2 aromatic carbocycles. The second-order valence-electron chi connectivity index (χ2n) is 5.25. The minimum atomic E-state index is -3.95. The summed E-state index contributed by atoms with van der Waals surface area (Å²) < 4.78 is 46.1. The molecule has 0 aromatic heterocycles. The van der Waals surface area contributed by atoms with Gasteiger partial charge < -0.3 is 18.4 Å². The third-order valence-corrected chi connectivity index (χ3v) is 5.01. The van der Waals surface area contributed by atoms with Gasteiger partial charge in [-0.05, 0) is 43.3 Å². The van der Waals surface area contributed by atoms with E-state index in [0.717, 1.165) is 0 Å². The Morgan fingerprint density at radius 1 is 1.00 bits per heavy atom. The molecule has 3 rings (SSSR count). The molecule has 0 N–H and O–H groups in total. The van der Waals surface area contributed by atoms with Crippen LogP contribution in [0, 0.1) is 0 Å². The highest BCUT2D eigenvalue weighted by atomic mass is 32.2. The van der Waals surface area contributed by atoms with Gasteiger partial charge in [-0.2, -0.15) is 8.42 Å². The second-order valence-corrected chi connectivity index (χ2v) is 6.76. The molecule has 0 spiro atoms. The molecule has 1 heterocycles. The Morgan fingerprint density at radius 3 is 2.24 bits per heavy atom. The first kappa shape index (κ1) is 17.2. The van der Waals surface area contributed by atoms with E-state index in [9.17, 15) is 8.42 Å². The van der Waals surface area contributed by atoms with Gasteiger partial charge >= 0.3 is 10.1 Å². The highest BCUT2D eigenvalue weighted by molar-refractivity contribution is 7.87. The van der Waals surface area contributed by atoms with Crippen molar-refractivity contribution in [1.82, 2.24) is 0 Å². The fourth-order valence-corrected chi connectivity index (χ4v) is 3.68. The summed E-state index contributed by atoms with van der Waals surface area (Å²) >= 11 is 0. The van der Waals surface area contributed by atoms with Crippen LogP contribution in [0.5, 0.6) is 17.2 Å². The fraction of sp³-hybridized carbons (Fsp3) is 0.222. The third-order valence-electron chi connectivity index (χ3n) is 3.72. The van der Waals surface area contributed by atoms with Gasteiger partial charge in [0.2, 0.25) is 0 Å². The maximum absolute atomic E-state index is 12.5. The van der Waals surface area contributed by atoms with Crippen molar-refractivity contribution in [2.75, 3.05) is 20.8 Å². The molecular weight excluding hydrogens is 344 g/mol. The van der Waals surface area contributed by atoms with Crippen molar-refractivity contribution in [2.45, 2.75) is 11.8 Å². The summed E-state index contributed by atoms with van der Waals surface area (Å²) in [6.07, 6.45) is 1.66. The Hall–Kier alpha value is -2.67. The van der Waals surface area contributed by atoms with Gasteiger partial charge in [0, 0.05) is 17.2 Å². The Labute approximate surface area is 146 Å². The van der Waals surface area contributed by atoms with Crippen LogP contribution in [-0.4, -0.2) is 29.2 Å². The maximum atomic E-state index is 12.5. The van der Waals surface area contributed by atoms with Crippen molar-refractivity contribution in [3.8, 4) is 17.2 Å². The predicted molar refractivity (Wildman–Crippen MR) is 93.3 cm³/mol. The van der Waals surface area contributed by atoms with Crippen LogP contribution >= 0.6 is 0 Å². The van der Waals surface area contributed by atoms with E-state index in [1.165, 1.54) is 20.3 Å². The molecule has 0 saturated carbocycles. The quantitative estimate of drug-likeness (QED) is 0.760. The lowest BCUT2D eigenvalue weighted by atomic mass is 10.1. The van der Waals surface area contributed by atoms with E-state index >= 15 is 0 Å². The molecule has 25 heavy (non-hydrogen) atoms. The van der Waals surface area contributed by atoms with Crippen LogP contribution < -0.4 is 14.2 Å². The number of hydrogen-bond acceptors (Lipinski definition) is 6. The zero-order chi connectivity index (χ0) is 18.0. The van der Waals surface area contributed by atoms with Gasteiger partial charge in [-0.15, -0.1) is 0 Å². The maximum Gasteiger partial charge on any atom is 0.339 e. The molecule has 2 aromatic rings. The highest BCUT2D eigenvalue weighted by Crippen LogP contribution is 2.39. The number of rotatable bonds is 5. The van der Waals surface area contributed by atoms with Gasteiger partial charge in [-0.1, -0.05) is 0 Å². The average Bonchev–Trinajstić information content (AvgIpc) is 2.61. The van der Waals surface area contributed by atoms with Gasteiger partial charge in [0.1, 0.15) is 10.6 Å². The van der Waals surface area contributed by atoms with Crippen LogP contribution in [-0.2, 0) is 14.3 Å². The lowest BCUT2D eigenvalue weighted by Crippen LogP contribution is -2.12. The smallest absolute Gasteiger partial charge is 0.339 e. The van der Waals surface area contributed by atoms with E-state index in [0.29, 0.717) is 35.0 Å². The van der Waals surface area contributed by atoms with Gasteiger partial charge in [0.15, 0.2) is 17.3 Å². The SMILES string of the molecule is CCOc1ccc(C2=Cc3cc(OC)c(OC)cc3S(=O)(=O)O2)cc1. The van der Waals surface area contributed by atoms with Gasteiger partial charge in [0.25, 0.3) is 0 Å². The number of methoxy groups -OCH3 is 2. The molecule has 0 bridgehead atoms. The molecule has 0 saturated heterocycles. The molecular formula is C18H18O6S. The van der Waals surface area contributed by atoms with Gasteiger partial charge in [-0.25, -0.2) is 0 Å². The number of fused-ring (bicyclic) bond motifs is 1. The first-order valence-electron chi connectivity index (χ1n) is 7.64. The third kappa shape index (κ3) is 3.28. The zero-order valence-corrected chi connectivity index (χ0v) is 14.9. The van der Waals surface area contributed by atoms with Crippen molar-refractivity contribution < 1.29 is 26.8 Å². The standard InChI is InChI=1S/C18H18O6S/c1-4-23-14-7-5-12(6-8-14)15-9-13-10-16(21-2)17(22-3)11-18(13)25(19,20)24-15/h5-11H,4H2,1-3H3. The summed E-state index contributed by atoms with van der Waals surface area (Å²) in [5, 5.41) is 0. The molecule has 0 radical (unpaired) electrons. The first-order valence-corrected chi connectivity index (χ1v) is 9.04. The van der Waals surface area contributed by atoms with Crippen LogP contribution in [0.4, 0.5) is 0 Å². The molecule has 1 aliphatic heterocycles. The average molecular weight is 362 g/mol. The van der Waals surface area contributed by atoms with Crippen LogP contribution in [0.15, 0.2) is 41.3 Å².